The Bertz CT molecular complexity index is 543. The van der Waals surface area contributed by atoms with Gasteiger partial charge in [-0.05, 0) is 49.9 Å². The molecule has 21 heavy (non-hydrogen) atoms. The molecule has 0 spiro atoms. The number of nitrogens with zero attached hydrogens (tertiary/aromatic N) is 1. The number of nitrogens with one attached hydrogen (secondary N) is 1. The highest BCUT2D eigenvalue weighted by Gasteiger charge is 2.42. The molecule has 3 rings (SSSR count). The normalized spacial score (nSPS) is 27.5. The average molecular weight is 290 g/mol. The molecule has 6 nitrogen and oxygen atoms in total. The Balaban J connectivity index is 1.68. The van der Waals surface area contributed by atoms with E-state index in [0.29, 0.717) is 18.5 Å². The highest BCUT2D eigenvalue weighted by Crippen LogP contribution is 2.36. The van der Waals surface area contributed by atoms with Gasteiger partial charge in [-0.1, -0.05) is 0 Å². The molecule has 1 aromatic rings. The second-order valence-electron chi connectivity index (χ2n) is 5.73. The summed E-state index contributed by atoms with van der Waals surface area (Å²) >= 11 is 0. The zero-order chi connectivity index (χ0) is 15.0. The van der Waals surface area contributed by atoms with Crippen LogP contribution in [-0.4, -0.2) is 45.3 Å². The number of carboxylic acid groups (broad SMARTS) is 1. The van der Waals surface area contributed by atoms with Gasteiger partial charge in [-0.25, -0.2) is 9.59 Å². The van der Waals surface area contributed by atoms with Gasteiger partial charge in [0.15, 0.2) is 0 Å². The van der Waals surface area contributed by atoms with E-state index in [1.807, 2.05) is 4.90 Å². The summed E-state index contributed by atoms with van der Waals surface area (Å²) in [6.45, 7) is 0. The number of anilines is 1. The smallest absolute Gasteiger partial charge is 0.335 e. The standard InChI is InChI=1S/C15H18N2O4/c18-13-7-11-5-6-12(8-13)17(11)15(21)16-10-3-1-9(2-4-10)14(19)20/h1-4,11-13,18H,5-8H2,(H,16,21)(H,19,20). The third kappa shape index (κ3) is 2.71. The number of fused-ring (bicyclic) bond motifs is 2. The molecule has 112 valence electrons. The number of amides is 2. The van der Waals surface area contributed by atoms with Crippen LogP contribution in [0.1, 0.15) is 36.0 Å². The van der Waals surface area contributed by atoms with Crippen molar-refractivity contribution >= 4 is 17.7 Å². The number of urea groups is 1. The summed E-state index contributed by atoms with van der Waals surface area (Å²) in [6.07, 6.45) is 2.85. The molecule has 2 saturated heterocycles. The second-order valence-corrected chi connectivity index (χ2v) is 5.73. The molecule has 0 saturated carbocycles. The lowest BCUT2D eigenvalue weighted by Gasteiger charge is -2.37. The van der Waals surface area contributed by atoms with Crippen molar-refractivity contribution in [3.63, 3.8) is 0 Å². The zero-order valence-corrected chi connectivity index (χ0v) is 11.5. The van der Waals surface area contributed by atoms with Crippen LogP contribution in [0, 0.1) is 0 Å². The van der Waals surface area contributed by atoms with E-state index >= 15 is 0 Å². The zero-order valence-electron chi connectivity index (χ0n) is 11.5. The van der Waals surface area contributed by atoms with Crippen LogP contribution in [0.3, 0.4) is 0 Å². The van der Waals surface area contributed by atoms with Gasteiger partial charge in [0.1, 0.15) is 0 Å². The van der Waals surface area contributed by atoms with Crippen molar-refractivity contribution < 1.29 is 19.8 Å². The van der Waals surface area contributed by atoms with Gasteiger partial charge in [0.25, 0.3) is 0 Å². The van der Waals surface area contributed by atoms with Crippen LogP contribution < -0.4 is 5.32 Å². The summed E-state index contributed by atoms with van der Waals surface area (Å²) < 4.78 is 0. The molecular formula is C15H18N2O4. The van der Waals surface area contributed by atoms with Gasteiger partial charge < -0.3 is 20.4 Å². The maximum Gasteiger partial charge on any atom is 0.335 e. The van der Waals surface area contributed by atoms with Crippen molar-refractivity contribution in [3.8, 4) is 0 Å². The summed E-state index contributed by atoms with van der Waals surface area (Å²) in [7, 11) is 0. The number of benzene rings is 1. The molecule has 2 amide bonds. The summed E-state index contributed by atoms with van der Waals surface area (Å²) in [5.74, 6) is -0.990. The Morgan fingerprint density at radius 2 is 1.67 bits per heavy atom. The first-order chi connectivity index (χ1) is 10.0. The van der Waals surface area contributed by atoms with Gasteiger partial charge in [0.05, 0.1) is 11.7 Å². The first-order valence-corrected chi connectivity index (χ1v) is 7.15. The van der Waals surface area contributed by atoms with Crippen molar-refractivity contribution in [1.29, 1.82) is 0 Å². The minimum atomic E-state index is -0.990. The van der Waals surface area contributed by atoms with Crippen LogP contribution in [0.2, 0.25) is 0 Å². The summed E-state index contributed by atoms with van der Waals surface area (Å²) in [5.41, 5.74) is 0.768. The van der Waals surface area contributed by atoms with E-state index < -0.39 is 5.97 Å². The predicted octanol–water partition coefficient (Wildman–Crippen LogP) is 1.90. The maximum atomic E-state index is 12.4. The van der Waals surface area contributed by atoms with Crippen molar-refractivity contribution in [2.75, 3.05) is 5.32 Å². The van der Waals surface area contributed by atoms with Gasteiger partial charge in [0.2, 0.25) is 0 Å². The van der Waals surface area contributed by atoms with Gasteiger partial charge in [-0.2, -0.15) is 0 Å². The van der Waals surface area contributed by atoms with E-state index in [4.69, 9.17) is 5.11 Å². The number of carbonyl (C=O) groups is 2. The van der Waals surface area contributed by atoms with E-state index in [1.165, 1.54) is 12.1 Å². The van der Waals surface area contributed by atoms with Crippen molar-refractivity contribution in [2.45, 2.75) is 43.9 Å². The molecule has 0 aromatic heterocycles. The van der Waals surface area contributed by atoms with Gasteiger partial charge >= 0.3 is 12.0 Å². The van der Waals surface area contributed by atoms with Crippen molar-refractivity contribution in [1.82, 2.24) is 4.90 Å². The highest BCUT2D eigenvalue weighted by atomic mass is 16.4. The second kappa shape index (κ2) is 5.37. The molecule has 2 aliphatic rings. The van der Waals surface area contributed by atoms with Crippen molar-refractivity contribution in [3.05, 3.63) is 29.8 Å². The van der Waals surface area contributed by atoms with Gasteiger partial charge in [-0.15, -0.1) is 0 Å². The van der Waals surface area contributed by atoms with E-state index in [2.05, 4.69) is 5.32 Å². The lowest BCUT2D eigenvalue weighted by molar-refractivity contribution is 0.0579. The number of hydrogen-bond acceptors (Lipinski definition) is 3. The van der Waals surface area contributed by atoms with Crippen LogP contribution in [0.15, 0.2) is 24.3 Å². The number of hydrogen-bond donors (Lipinski definition) is 3. The number of aliphatic hydroxyl groups excluding tert-OH is 1. The molecule has 1 aromatic carbocycles. The molecule has 2 atom stereocenters. The predicted molar refractivity (Wildman–Crippen MR) is 76.3 cm³/mol. The Morgan fingerprint density at radius 3 is 2.19 bits per heavy atom. The number of rotatable bonds is 2. The fraction of sp³-hybridized carbons (Fsp3) is 0.467. The molecule has 6 heteroatoms. The van der Waals surface area contributed by atoms with Crippen LogP contribution in [0.4, 0.5) is 10.5 Å². The average Bonchev–Trinajstić information content (AvgIpc) is 2.72. The Hall–Kier alpha value is -2.08. The summed E-state index contributed by atoms with van der Waals surface area (Å²) in [6, 6.07) is 6.15. The number of piperidine rings is 1. The fourth-order valence-corrected chi connectivity index (χ4v) is 3.36. The monoisotopic (exact) mass is 290 g/mol. The van der Waals surface area contributed by atoms with Crippen LogP contribution in [-0.2, 0) is 0 Å². The lowest BCUT2D eigenvalue weighted by Crippen LogP contribution is -2.49. The molecule has 2 bridgehead atoms. The van der Waals surface area contributed by atoms with Gasteiger partial charge in [-0.3, -0.25) is 0 Å². The van der Waals surface area contributed by atoms with Gasteiger partial charge in [0, 0.05) is 17.8 Å². The molecule has 2 fully saturated rings. The van der Waals surface area contributed by atoms with E-state index in [-0.39, 0.29) is 29.8 Å². The third-order valence-corrected chi connectivity index (χ3v) is 4.33. The molecular weight excluding hydrogens is 272 g/mol. The minimum Gasteiger partial charge on any atom is -0.478 e. The number of aliphatic hydroxyl groups is 1. The molecule has 0 radical (unpaired) electrons. The SMILES string of the molecule is O=C(O)c1ccc(NC(=O)N2C3CCC2CC(O)C3)cc1. The Labute approximate surface area is 122 Å². The largest absolute Gasteiger partial charge is 0.478 e. The molecule has 2 aliphatic heterocycles. The lowest BCUT2D eigenvalue weighted by atomic mass is 10.0. The van der Waals surface area contributed by atoms with Crippen LogP contribution in [0.25, 0.3) is 0 Å². The summed E-state index contributed by atoms with van der Waals surface area (Å²) in [5, 5.41) is 21.4. The van der Waals surface area contributed by atoms with E-state index in [9.17, 15) is 14.7 Å². The van der Waals surface area contributed by atoms with Crippen LogP contribution >= 0.6 is 0 Å². The minimum absolute atomic E-state index is 0.108. The topological polar surface area (TPSA) is 89.9 Å². The Kier molecular flexibility index (Phi) is 3.55. The number of carbonyl (C=O) groups excluding carboxylic acids is 1. The number of carboxylic acids is 1. The molecule has 0 aliphatic carbocycles. The highest BCUT2D eigenvalue weighted by molar-refractivity contribution is 5.92. The maximum absolute atomic E-state index is 12.4. The van der Waals surface area contributed by atoms with E-state index in [0.717, 1.165) is 12.8 Å². The van der Waals surface area contributed by atoms with Crippen LogP contribution in [0.5, 0.6) is 0 Å². The molecule has 2 heterocycles. The quantitative estimate of drug-likeness (QED) is 0.776. The summed E-state index contributed by atoms with van der Waals surface area (Å²) in [4.78, 5) is 25.0. The third-order valence-electron chi connectivity index (χ3n) is 4.33. The van der Waals surface area contributed by atoms with Crippen molar-refractivity contribution in [2.24, 2.45) is 0 Å². The first-order valence-electron chi connectivity index (χ1n) is 7.15. The Morgan fingerprint density at radius 1 is 1.10 bits per heavy atom. The first kappa shape index (κ1) is 13.9. The molecule has 3 N–H and O–H groups in total. The molecule has 2 unspecified atom stereocenters. The fourth-order valence-electron chi connectivity index (χ4n) is 3.36. The van der Waals surface area contributed by atoms with E-state index in [1.54, 1.807) is 12.1 Å². The number of aromatic carboxylic acids is 1.